The number of carbonyl (C=O) groups is 5. The first kappa shape index (κ1) is 37.9. The number of aliphatic hydroxyl groups excluding tert-OH is 1. The van der Waals surface area contributed by atoms with Gasteiger partial charge in [0.15, 0.2) is 0 Å². The summed E-state index contributed by atoms with van der Waals surface area (Å²) in [5.41, 5.74) is 5.74. The fourth-order valence-electron chi connectivity index (χ4n) is 5.40. The van der Waals surface area contributed by atoms with Crippen molar-refractivity contribution in [1.82, 2.24) is 40.7 Å². The average Bonchev–Trinajstić information content (AvgIpc) is 3.66. The number of urea groups is 1. The quantitative estimate of drug-likeness (QED) is 0.0965. The standard InChI is InChI=1S/C32H41N9O10/c1-15(33)28(46)40(4)17(3)25(27(45)35-14-19-12-23(42)29(51-19)41-10-9-24(43)38-32(41)50)39-26(44)16(2)36-31(49)37-22(30(47)48)11-18-13-34-21-8-6-5-7-20(18)21/h5-10,13-17,22-23,25,29,34,42H,11-12,33H2,1-4H3,(H,35,45)(H,39,44)(H,47,48)(H2,36,37,49)(H,38,43,50)/b19-14-/t15-,16+,17-,22+,23+,25-,29+/m0/s1. The Morgan fingerprint density at radius 3 is 2.45 bits per heavy atom. The number of hydrogen-bond donors (Lipinski definition) is 9. The topological polar surface area (TPSA) is 283 Å². The SMILES string of the molecule is C[C@H](N)C(=O)N(C)[C@@H](C)[C@H](NC(=O)[C@@H](C)NC(=O)N[C@H](Cc1c[nH]c2ccccc12)C(=O)O)C(=O)N/C=C1/C[C@@H](O)[C@H](n2ccc(=O)[nH]c2=O)O1. The Hall–Kier alpha value is -5.95. The Morgan fingerprint density at radius 1 is 1.08 bits per heavy atom. The number of likely N-dealkylation sites (N-methyl/N-ethyl adjacent to an activating group) is 1. The Kier molecular flexibility index (Phi) is 12.0. The smallest absolute Gasteiger partial charge is 0.331 e. The highest BCUT2D eigenvalue weighted by Crippen LogP contribution is 2.29. The number of nitrogens with one attached hydrogen (secondary N) is 6. The van der Waals surface area contributed by atoms with Crippen molar-refractivity contribution in [2.45, 2.75) is 76.2 Å². The van der Waals surface area contributed by atoms with E-state index in [-0.39, 0.29) is 18.6 Å². The number of H-pyrrole nitrogens is 2. The van der Waals surface area contributed by atoms with Crippen molar-refractivity contribution in [2.75, 3.05) is 7.05 Å². The van der Waals surface area contributed by atoms with Crippen LogP contribution in [0, 0.1) is 0 Å². The molecule has 0 spiro atoms. The predicted molar refractivity (Wildman–Crippen MR) is 181 cm³/mol. The van der Waals surface area contributed by atoms with Gasteiger partial charge in [-0.15, -0.1) is 0 Å². The number of nitrogens with zero attached hydrogens (tertiary/aromatic N) is 2. The predicted octanol–water partition coefficient (Wildman–Crippen LogP) is -1.68. The van der Waals surface area contributed by atoms with Gasteiger partial charge in [-0.05, 0) is 32.4 Å². The fourth-order valence-corrected chi connectivity index (χ4v) is 5.40. The number of nitrogens with two attached hydrogens (primary N) is 1. The molecular formula is C32H41N9O10. The molecule has 0 aliphatic carbocycles. The second-order valence-electron chi connectivity index (χ2n) is 12.2. The number of hydrogen-bond acceptors (Lipinski definition) is 10. The lowest BCUT2D eigenvalue weighted by Crippen LogP contribution is -2.61. The number of rotatable bonds is 13. The van der Waals surface area contributed by atoms with Crippen molar-refractivity contribution in [3.63, 3.8) is 0 Å². The highest BCUT2D eigenvalue weighted by Gasteiger charge is 2.36. The van der Waals surface area contributed by atoms with E-state index in [0.29, 0.717) is 5.56 Å². The van der Waals surface area contributed by atoms with Crippen LogP contribution in [0.15, 0.2) is 64.3 Å². The second-order valence-corrected chi connectivity index (χ2v) is 12.2. The molecule has 10 N–H and O–H groups in total. The molecule has 7 atom stereocenters. The number of aromatic amines is 2. The summed E-state index contributed by atoms with van der Waals surface area (Å²) in [4.78, 5) is 94.2. The summed E-state index contributed by atoms with van der Waals surface area (Å²) in [7, 11) is 1.39. The van der Waals surface area contributed by atoms with Crippen molar-refractivity contribution in [2.24, 2.45) is 5.73 Å². The number of aliphatic hydroxyl groups is 1. The van der Waals surface area contributed by atoms with Gasteiger partial charge in [0, 0.05) is 55.5 Å². The lowest BCUT2D eigenvalue weighted by atomic mass is 10.1. The molecule has 0 unspecified atom stereocenters. The third-order valence-electron chi connectivity index (χ3n) is 8.37. The van der Waals surface area contributed by atoms with Crippen LogP contribution in [0.4, 0.5) is 4.79 Å². The van der Waals surface area contributed by atoms with Crippen LogP contribution >= 0.6 is 0 Å². The van der Waals surface area contributed by atoms with Crippen molar-refractivity contribution in [3.8, 4) is 0 Å². The van der Waals surface area contributed by atoms with Crippen LogP contribution in [0.1, 0.15) is 39.0 Å². The summed E-state index contributed by atoms with van der Waals surface area (Å²) < 4.78 is 6.60. The van der Waals surface area contributed by atoms with Crippen molar-refractivity contribution >= 4 is 40.6 Å². The number of aromatic nitrogens is 3. The molecule has 1 aliphatic heterocycles. The second kappa shape index (κ2) is 16.2. The lowest BCUT2D eigenvalue weighted by molar-refractivity contribution is -0.139. The van der Waals surface area contributed by atoms with Gasteiger partial charge in [-0.1, -0.05) is 18.2 Å². The normalized spacial score (nSPS) is 19.2. The molecule has 2 aromatic heterocycles. The van der Waals surface area contributed by atoms with E-state index in [9.17, 15) is 43.8 Å². The van der Waals surface area contributed by atoms with Gasteiger partial charge in [0.2, 0.25) is 23.9 Å². The number of aliphatic carboxylic acids is 1. The van der Waals surface area contributed by atoms with Crippen LogP contribution < -0.4 is 38.2 Å². The molecule has 51 heavy (non-hydrogen) atoms. The van der Waals surface area contributed by atoms with E-state index in [1.807, 2.05) is 18.2 Å². The first-order chi connectivity index (χ1) is 24.1. The Bertz CT molecular complexity index is 1930. The molecule has 0 saturated carbocycles. The van der Waals surface area contributed by atoms with Crippen molar-refractivity contribution in [1.29, 1.82) is 0 Å². The summed E-state index contributed by atoms with van der Waals surface area (Å²) in [6, 6.07) is 1.41. The van der Waals surface area contributed by atoms with Gasteiger partial charge in [-0.3, -0.25) is 28.7 Å². The first-order valence-corrected chi connectivity index (χ1v) is 15.9. The number of amides is 5. The molecule has 1 saturated heterocycles. The van der Waals surface area contributed by atoms with E-state index in [1.165, 1.54) is 32.7 Å². The minimum absolute atomic E-state index is 0.0500. The average molecular weight is 712 g/mol. The molecule has 0 bridgehead atoms. The molecule has 3 heterocycles. The van der Waals surface area contributed by atoms with E-state index in [1.54, 1.807) is 12.3 Å². The van der Waals surface area contributed by atoms with Crippen molar-refractivity contribution < 1.29 is 38.9 Å². The van der Waals surface area contributed by atoms with Gasteiger partial charge in [-0.25, -0.2) is 14.4 Å². The summed E-state index contributed by atoms with van der Waals surface area (Å²) in [6.07, 6.45) is 1.32. The highest BCUT2D eigenvalue weighted by molar-refractivity contribution is 5.93. The molecule has 0 radical (unpaired) electrons. The maximum atomic E-state index is 13.5. The molecule has 3 aromatic rings. The summed E-state index contributed by atoms with van der Waals surface area (Å²) in [5.74, 6) is -3.45. The molecule has 1 aliphatic rings. The van der Waals surface area contributed by atoms with Crippen LogP contribution in [-0.2, 0) is 30.3 Å². The molecule has 1 fully saturated rings. The minimum Gasteiger partial charge on any atom is -0.480 e. The zero-order valence-corrected chi connectivity index (χ0v) is 28.2. The third kappa shape index (κ3) is 9.19. The van der Waals surface area contributed by atoms with Gasteiger partial charge in [0.1, 0.15) is 30.0 Å². The number of carbonyl (C=O) groups excluding carboxylic acids is 4. The van der Waals surface area contributed by atoms with Crippen LogP contribution in [-0.4, -0.2) is 103 Å². The van der Waals surface area contributed by atoms with E-state index in [0.717, 1.165) is 33.9 Å². The molecule has 19 heteroatoms. The van der Waals surface area contributed by atoms with E-state index in [2.05, 4.69) is 31.2 Å². The lowest BCUT2D eigenvalue weighted by Gasteiger charge is -2.33. The zero-order chi connectivity index (χ0) is 37.6. The molecule has 4 rings (SSSR count). The zero-order valence-electron chi connectivity index (χ0n) is 28.2. The summed E-state index contributed by atoms with van der Waals surface area (Å²) in [6.45, 7) is 4.25. The number of ether oxygens (including phenoxy) is 1. The maximum absolute atomic E-state index is 13.5. The number of para-hydroxylation sites is 1. The molecular weight excluding hydrogens is 670 g/mol. The van der Waals surface area contributed by atoms with E-state index in [4.69, 9.17) is 10.5 Å². The molecule has 1 aromatic carbocycles. The summed E-state index contributed by atoms with van der Waals surface area (Å²) >= 11 is 0. The number of benzene rings is 1. The molecule has 5 amide bonds. The summed E-state index contributed by atoms with van der Waals surface area (Å²) in [5, 5.41) is 30.8. The maximum Gasteiger partial charge on any atom is 0.331 e. The van der Waals surface area contributed by atoms with Crippen LogP contribution in [0.5, 0.6) is 0 Å². The molecule has 19 nitrogen and oxygen atoms in total. The van der Waals surface area contributed by atoms with E-state index >= 15 is 0 Å². The number of carboxylic acids is 1. The largest absolute Gasteiger partial charge is 0.480 e. The minimum atomic E-state index is -1.42. The number of carboxylic acid groups (broad SMARTS) is 1. The monoisotopic (exact) mass is 711 g/mol. The van der Waals surface area contributed by atoms with Gasteiger partial charge in [0.25, 0.3) is 5.56 Å². The van der Waals surface area contributed by atoms with Gasteiger partial charge in [-0.2, -0.15) is 0 Å². The fraction of sp³-hybridized carbons (Fsp3) is 0.406. The first-order valence-electron chi connectivity index (χ1n) is 15.9. The number of fused-ring (bicyclic) bond motifs is 1. The van der Waals surface area contributed by atoms with E-state index < -0.39 is 83.5 Å². The Morgan fingerprint density at radius 2 is 1.78 bits per heavy atom. The van der Waals surface area contributed by atoms with Gasteiger partial charge in [0.05, 0.1) is 12.1 Å². The highest BCUT2D eigenvalue weighted by atomic mass is 16.5. The van der Waals surface area contributed by atoms with Crippen LogP contribution in [0.3, 0.4) is 0 Å². The van der Waals surface area contributed by atoms with Crippen molar-refractivity contribution in [3.05, 3.63) is 81.1 Å². The third-order valence-corrected chi connectivity index (χ3v) is 8.37. The molecule has 274 valence electrons. The van der Waals surface area contributed by atoms with Gasteiger partial charge >= 0.3 is 17.7 Å². The Balaban J connectivity index is 1.44. The van der Waals surface area contributed by atoms with Gasteiger partial charge < -0.3 is 51.8 Å². The van der Waals surface area contributed by atoms with Crippen LogP contribution in [0.2, 0.25) is 0 Å². The Labute approximate surface area is 290 Å². The van der Waals surface area contributed by atoms with Crippen LogP contribution in [0.25, 0.3) is 10.9 Å².